The number of hydrogen-bond donors (Lipinski definition) is 0. The Labute approximate surface area is 120 Å². The molecule has 0 N–H and O–H groups in total. The van der Waals surface area contributed by atoms with Crippen molar-refractivity contribution >= 4 is 23.2 Å². The molecule has 0 radical (unpaired) electrons. The van der Waals surface area contributed by atoms with Crippen LogP contribution in [-0.4, -0.2) is 33.8 Å². The molecule has 20 heavy (non-hydrogen) atoms. The number of aromatic nitrogens is 1. The molecule has 8 heteroatoms. The minimum absolute atomic E-state index is 0.00309. The number of nitrogens with zero attached hydrogens (tertiary/aromatic N) is 4. The van der Waals surface area contributed by atoms with Crippen molar-refractivity contribution in [2.24, 2.45) is 5.92 Å². The number of carbonyl (C=O) groups is 1. The zero-order chi connectivity index (χ0) is 15.3. The van der Waals surface area contributed by atoms with E-state index in [4.69, 9.17) is 16.9 Å². The average Bonchev–Trinajstić information content (AvgIpc) is 2.43. The van der Waals surface area contributed by atoms with Crippen molar-refractivity contribution in [1.29, 1.82) is 5.26 Å². The summed E-state index contributed by atoms with van der Waals surface area (Å²) in [6, 6.07) is 3.19. The number of rotatable bonds is 5. The number of carbonyl (C=O) groups excluding carboxylic acids is 1. The van der Waals surface area contributed by atoms with Gasteiger partial charge in [0, 0.05) is 13.1 Å². The van der Waals surface area contributed by atoms with Gasteiger partial charge in [0.05, 0.1) is 16.9 Å². The fourth-order valence-electron chi connectivity index (χ4n) is 1.64. The quantitative estimate of drug-likeness (QED) is 0.471. The van der Waals surface area contributed by atoms with Gasteiger partial charge in [-0.05, 0) is 19.9 Å². The molecule has 0 aliphatic rings. The first-order valence-electron chi connectivity index (χ1n) is 5.89. The maximum absolute atomic E-state index is 12.3. The van der Waals surface area contributed by atoms with Gasteiger partial charge in [0.15, 0.2) is 0 Å². The highest BCUT2D eigenvalue weighted by Gasteiger charge is 2.25. The van der Waals surface area contributed by atoms with E-state index >= 15 is 0 Å². The molecule has 0 saturated heterocycles. The van der Waals surface area contributed by atoms with Crippen LogP contribution in [0.2, 0.25) is 5.15 Å². The molecule has 1 atom stereocenters. The van der Waals surface area contributed by atoms with Crippen LogP contribution in [0.3, 0.4) is 0 Å². The third-order valence-corrected chi connectivity index (χ3v) is 2.87. The van der Waals surface area contributed by atoms with Gasteiger partial charge in [-0.1, -0.05) is 11.6 Å². The van der Waals surface area contributed by atoms with Crippen LogP contribution in [0, 0.1) is 27.4 Å². The molecule has 0 spiro atoms. The van der Waals surface area contributed by atoms with Crippen molar-refractivity contribution < 1.29 is 9.72 Å². The van der Waals surface area contributed by atoms with Gasteiger partial charge < -0.3 is 4.90 Å². The fourth-order valence-corrected chi connectivity index (χ4v) is 1.79. The van der Waals surface area contributed by atoms with Gasteiger partial charge in [-0.15, -0.1) is 0 Å². The summed E-state index contributed by atoms with van der Waals surface area (Å²) in [5.74, 6) is -0.902. The molecule has 0 bridgehead atoms. The van der Waals surface area contributed by atoms with Crippen LogP contribution >= 0.6 is 11.6 Å². The second-order valence-electron chi connectivity index (χ2n) is 4.16. The Bertz CT molecular complexity index is 570. The van der Waals surface area contributed by atoms with Crippen molar-refractivity contribution in [2.45, 2.75) is 13.8 Å². The minimum Gasteiger partial charge on any atom is -0.337 e. The summed E-state index contributed by atoms with van der Waals surface area (Å²) in [4.78, 5) is 27.5. The van der Waals surface area contributed by atoms with Gasteiger partial charge in [0.2, 0.25) is 0 Å². The lowest BCUT2D eigenvalue weighted by atomic mass is 10.1. The highest BCUT2D eigenvalue weighted by molar-refractivity contribution is 6.29. The van der Waals surface area contributed by atoms with E-state index in [-0.39, 0.29) is 23.2 Å². The number of hydrogen-bond acceptors (Lipinski definition) is 5. The summed E-state index contributed by atoms with van der Waals surface area (Å²) >= 11 is 5.69. The Kier molecular flexibility index (Phi) is 5.41. The molecular weight excluding hydrogens is 284 g/mol. The molecule has 0 aliphatic heterocycles. The fraction of sp³-hybridized carbons (Fsp3) is 0.417. The molecule has 0 saturated carbocycles. The summed E-state index contributed by atoms with van der Waals surface area (Å²) in [5, 5.41) is 19.7. The first-order valence-corrected chi connectivity index (χ1v) is 6.27. The summed E-state index contributed by atoms with van der Waals surface area (Å²) in [6.07, 6.45) is 0.955. The average molecular weight is 297 g/mol. The number of nitriles is 1. The largest absolute Gasteiger partial charge is 0.337 e. The summed E-state index contributed by atoms with van der Waals surface area (Å²) in [6.45, 7) is 3.94. The van der Waals surface area contributed by atoms with Gasteiger partial charge >= 0.3 is 0 Å². The predicted octanol–water partition coefficient (Wildman–Crippen LogP) is 2.26. The van der Waals surface area contributed by atoms with Crippen molar-refractivity contribution in [3.05, 3.63) is 33.1 Å². The number of halogens is 1. The van der Waals surface area contributed by atoms with Crippen LogP contribution in [0.5, 0.6) is 0 Å². The predicted molar refractivity (Wildman–Crippen MR) is 72.3 cm³/mol. The second-order valence-corrected chi connectivity index (χ2v) is 4.54. The van der Waals surface area contributed by atoms with Crippen molar-refractivity contribution in [2.75, 3.05) is 13.1 Å². The van der Waals surface area contributed by atoms with Gasteiger partial charge in [0.25, 0.3) is 11.6 Å². The van der Waals surface area contributed by atoms with E-state index in [1.807, 2.05) is 6.07 Å². The molecule has 0 fully saturated rings. The van der Waals surface area contributed by atoms with Crippen molar-refractivity contribution in [1.82, 2.24) is 9.88 Å². The maximum Gasteiger partial charge on any atom is 0.300 e. The molecule has 0 aromatic carbocycles. The highest BCUT2D eigenvalue weighted by Crippen LogP contribution is 2.22. The molecule has 1 unspecified atom stereocenters. The number of nitro groups is 1. The molecule has 7 nitrogen and oxygen atoms in total. The number of pyridine rings is 1. The van der Waals surface area contributed by atoms with Gasteiger partial charge in [-0.3, -0.25) is 14.9 Å². The van der Waals surface area contributed by atoms with Gasteiger partial charge in [-0.2, -0.15) is 5.26 Å². The molecular formula is C12H13ClN4O3. The zero-order valence-electron chi connectivity index (χ0n) is 11.0. The zero-order valence-corrected chi connectivity index (χ0v) is 11.8. The molecule has 106 valence electrons. The van der Waals surface area contributed by atoms with Crippen LogP contribution in [0.4, 0.5) is 5.69 Å². The number of amides is 1. The summed E-state index contributed by atoms with van der Waals surface area (Å²) in [7, 11) is 0. The molecule has 0 aliphatic carbocycles. The standard InChI is InChI=1S/C12H13ClN4O3/c1-3-16(7-8(2)5-14)12(18)9-4-11(13)15-6-10(9)17(19)20/h4,6,8H,3,7H2,1-2H3. The van der Waals surface area contributed by atoms with E-state index in [1.165, 1.54) is 11.0 Å². The van der Waals surface area contributed by atoms with E-state index in [0.717, 1.165) is 6.20 Å². The van der Waals surface area contributed by atoms with Gasteiger partial charge in [0.1, 0.15) is 16.9 Å². The second kappa shape index (κ2) is 6.82. The molecule has 1 aromatic rings. The normalized spacial score (nSPS) is 11.5. The lowest BCUT2D eigenvalue weighted by Crippen LogP contribution is -2.34. The van der Waals surface area contributed by atoms with E-state index in [9.17, 15) is 14.9 Å². The Morgan fingerprint density at radius 3 is 2.85 bits per heavy atom. The lowest BCUT2D eigenvalue weighted by molar-refractivity contribution is -0.385. The monoisotopic (exact) mass is 296 g/mol. The molecule has 1 heterocycles. The van der Waals surface area contributed by atoms with E-state index in [1.54, 1.807) is 13.8 Å². The van der Waals surface area contributed by atoms with Gasteiger partial charge in [-0.25, -0.2) is 4.98 Å². The smallest absolute Gasteiger partial charge is 0.300 e. The Hall–Kier alpha value is -2.20. The Balaban J connectivity index is 3.15. The van der Waals surface area contributed by atoms with Crippen molar-refractivity contribution in [3.8, 4) is 6.07 Å². The van der Waals surface area contributed by atoms with Crippen LogP contribution < -0.4 is 0 Å². The van der Waals surface area contributed by atoms with Crippen LogP contribution in [-0.2, 0) is 0 Å². The first-order chi connectivity index (χ1) is 9.40. The SMILES string of the molecule is CCN(CC(C)C#N)C(=O)c1cc(Cl)ncc1[N+](=O)[O-]. The Morgan fingerprint density at radius 1 is 1.70 bits per heavy atom. The maximum atomic E-state index is 12.3. The summed E-state index contributed by atoms with van der Waals surface area (Å²) < 4.78 is 0. The molecule has 1 rings (SSSR count). The van der Waals surface area contributed by atoms with Crippen molar-refractivity contribution in [3.63, 3.8) is 0 Å². The minimum atomic E-state index is -0.682. The van der Waals surface area contributed by atoms with E-state index in [2.05, 4.69) is 4.98 Å². The van der Waals surface area contributed by atoms with Crippen LogP contribution in [0.15, 0.2) is 12.3 Å². The topological polar surface area (TPSA) is 100 Å². The third kappa shape index (κ3) is 3.65. The third-order valence-electron chi connectivity index (χ3n) is 2.66. The Morgan fingerprint density at radius 2 is 2.35 bits per heavy atom. The van der Waals surface area contributed by atoms with Crippen LogP contribution in [0.1, 0.15) is 24.2 Å². The van der Waals surface area contributed by atoms with E-state index in [0.29, 0.717) is 6.54 Å². The summed E-state index contributed by atoms with van der Waals surface area (Å²) in [5.41, 5.74) is -0.524. The van der Waals surface area contributed by atoms with E-state index < -0.39 is 16.5 Å². The van der Waals surface area contributed by atoms with Crippen LogP contribution in [0.25, 0.3) is 0 Å². The molecule has 1 aromatic heterocycles. The lowest BCUT2D eigenvalue weighted by Gasteiger charge is -2.21. The first kappa shape index (κ1) is 15.9. The highest BCUT2D eigenvalue weighted by atomic mass is 35.5. The molecule has 1 amide bonds.